The van der Waals surface area contributed by atoms with E-state index in [4.69, 9.17) is 11.6 Å². The maximum atomic E-state index is 13.6. The standard InChI is InChI=1S/C14H11ClF2N2O2/c15-11-3-1-9(2-4-11)7-18-8-10-5-14(19(20)21)13(17)6-12(10)16/h1-6,18H,7-8H2. The lowest BCUT2D eigenvalue weighted by atomic mass is 10.1. The van der Waals surface area contributed by atoms with E-state index in [1.807, 2.05) is 0 Å². The van der Waals surface area contributed by atoms with Crippen LogP contribution in [0.4, 0.5) is 14.5 Å². The summed E-state index contributed by atoms with van der Waals surface area (Å²) in [4.78, 5) is 9.75. The second kappa shape index (κ2) is 6.60. The molecular formula is C14H11ClF2N2O2. The van der Waals surface area contributed by atoms with Crippen LogP contribution < -0.4 is 5.32 Å². The summed E-state index contributed by atoms with van der Waals surface area (Å²) in [5.74, 6) is -2.00. The van der Waals surface area contributed by atoms with Crippen molar-refractivity contribution in [2.45, 2.75) is 13.1 Å². The molecule has 0 bridgehead atoms. The first-order chi connectivity index (χ1) is 9.97. The monoisotopic (exact) mass is 312 g/mol. The molecule has 0 aromatic heterocycles. The summed E-state index contributed by atoms with van der Waals surface area (Å²) in [6, 6.07) is 8.48. The minimum Gasteiger partial charge on any atom is -0.309 e. The van der Waals surface area contributed by atoms with Crippen LogP contribution in [0.5, 0.6) is 0 Å². The molecule has 0 atom stereocenters. The van der Waals surface area contributed by atoms with Gasteiger partial charge in [-0.3, -0.25) is 10.1 Å². The lowest BCUT2D eigenvalue weighted by molar-refractivity contribution is -0.387. The van der Waals surface area contributed by atoms with Gasteiger partial charge in [0, 0.05) is 35.8 Å². The SMILES string of the molecule is O=[N+]([O-])c1cc(CNCc2ccc(Cl)cc2)c(F)cc1F. The van der Waals surface area contributed by atoms with Gasteiger partial charge in [-0.25, -0.2) is 4.39 Å². The summed E-state index contributed by atoms with van der Waals surface area (Å²) in [5, 5.41) is 14.2. The Labute approximate surface area is 124 Å². The highest BCUT2D eigenvalue weighted by Gasteiger charge is 2.18. The molecule has 0 aliphatic carbocycles. The molecule has 0 saturated carbocycles. The van der Waals surface area contributed by atoms with Crippen LogP contribution in [0.3, 0.4) is 0 Å². The summed E-state index contributed by atoms with van der Waals surface area (Å²) in [7, 11) is 0. The largest absolute Gasteiger partial charge is 0.309 e. The average Bonchev–Trinajstić information content (AvgIpc) is 2.43. The zero-order valence-corrected chi connectivity index (χ0v) is 11.5. The van der Waals surface area contributed by atoms with Crippen molar-refractivity contribution in [1.29, 1.82) is 0 Å². The van der Waals surface area contributed by atoms with Crippen LogP contribution in [0.2, 0.25) is 5.02 Å². The second-order valence-corrected chi connectivity index (χ2v) is 4.82. The molecule has 2 rings (SSSR count). The van der Waals surface area contributed by atoms with Gasteiger partial charge in [0.2, 0.25) is 5.82 Å². The number of nitro benzene ring substituents is 1. The Morgan fingerprint density at radius 2 is 1.76 bits per heavy atom. The summed E-state index contributed by atoms with van der Waals surface area (Å²) in [6.45, 7) is 0.483. The van der Waals surface area contributed by atoms with Gasteiger partial charge >= 0.3 is 5.69 Å². The molecule has 2 aromatic rings. The van der Waals surface area contributed by atoms with Gasteiger partial charge in [-0.15, -0.1) is 0 Å². The first kappa shape index (κ1) is 15.3. The Hall–Kier alpha value is -2.05. The Balaban J connectivity index is 2.04. The quantitative estimate of drug-likeness (QED) is 0.674. The van der Waals surface area contributed by atoms with Gasteiger partial charge in [-0.2, -0.15) is 4.39 Å². The predicted octanol–water partition coefficient (Wildman–Crippen LogP) is 3.82. The van der Waals surface area contributed by atoms with Gasteiger partial charge < -0.3 is 5.32 Å². The molecule has 0 fully saturated rings. The molecule has 0 saturated heterocycles. The zero-order valence-electron chi connectivity index (χ0n) is 10.8. The smallest absolute Gasteiger partial charge is 0.305 e. The number of nitro groups is 1. The van der Waals surface area contributed by atoms with Gasteiger partial charge in [-0.1, -0.05) is 23.7 Å². The van der Waals surface area contributed by atoms with Crippen molar-refractivity contribution in [2.75, 3.05) is 0 Å². The van der Waals surface area contributed by atoms with Gasteiger partial charge in [0.1, 0.15) is 5.82 Å². The van der Waals surface area contributed by atoms with Gasteiger partial charge in [0.15, 0.2) is 0 Å². The minimum absolute atomic E-state index is 0.0389. The fraction of sp³-hybridized carbons (Fsp3) is 0.143. The highest BCUT2D eigenvalue weighted by molar-refractivity contribution is 6.30. The zero-order chi connectivity index (χ0) is 15.4. The number of rotatable bonds is 5. The third kappa shape index (κ3) is 3.96. The van der Waals surface area contributed by atoms with E-state index in [1.54, 1.807) is 24.3 Å². The number of nitrogens with zero attached hydrogens (tertiary/aromatic N) is 1. The van der Waals surface area contributed by atoms with Gasteiger partial charge in [-0.05, 0) is 17.7 Å². The van der Waals surface area contributed by atoms with E-state index in [1.165, 1.54) is 0 Å². The number of halogens is 3. The third-order valence-electron chi connectivity index (χ3n) is 2.87. The molecule has 0 amide bonds. The summed E-state index contributed by atoms with van der Waals surface area (Å²) in [5.41, 5.74) is 0.230. The number of benzene rings is 2. The maximum absolute atomic E-state index is 13.6. The summed E-state index contributed by atoms with van der Waals surface area (Å²) >= 11 is 5.75. The third-order valence-corrected chi connectivity index (χ3v) is 3.12. The van der Waals surface area contributed by atoms with Crippen molar-refractivity contribution < 1.29 is 13.7 Å². The van der Waals surface area contributed by atoms with E-state index in [0.717, 1.165) is 11.6 Å². The highest BCUT2D eigenvalue weighted by Crippen LogP contribution is 2.21. The first-order valence-corrected chi connectivity index (χ1v) is 6.42. The van der Waals surface area contributed by atoms with E-state index in [0.29, 0.717) is 17.6 Å². The van der Waals surface area contributed by atoms with E-state index in [2.05, 4.69) is 5.32 Å². The number of hydrogen-bond acceptors (Lipinski definition) is 3. The van der Waals surface area contributed by atoms with Crippen molar-refractivity contribution >= 4 is 17.3 Å². The molecule has 110 valence electrons. The van der Waals surface area contributed by atoms with Gasteiger partial charge in [0.25, 0.3) is 0 Å². The molecule has 21 heavy (non-hydrogen) atoms. The first-order valence-electron chi connectivity index (χ1n) is 6.05. The molecule has 1 N–H and O–H groups in total. The summed E-state index contributed by atoms with van der Waals surface area (Å²) in [6.07, 6.45) is 0. The van der Waals surface area contributed by atoms with Crippen LogP contribution in [-0.2, 0) is 13.1 Å². The summed E-state index contributed by atoms with van der Waals surface area (Å²) < 4.78 is 26.7. The molecule has 0 aliphatic rings. The molecule has 0 spiro atoms. The van der Waals surface area contributed by atoms with Crippen LogP contribution in [0.25, 0.3) is 0 Å². The van der Waals surface area contributed by atoms with Crippen LogP contribution >= 0.6 is 11.6 Å². The van der Waals surface area contributed by atoms with Crippen LogP contribution in [-0.4, -0.2) is 4.92 Å². The average molecular weight is 313 g/mol. The van der Waals surface area contributed by atoms with Crippen molar-refractivity contribution in [3.8, 4) is 0 Å². The topological polar surface area (TPSA) is 55.2 Å². The lowest BCUT2D eigenvalue weighted by Gasteiger charge is -2.07. The molecule has 2 aromatic carbocycles. The van der Waals surface area contributed by atoms with Crippen molar-refractivity contribution in [2.24, 2.45) is 0 Å². The lowest BCUT2D eigenvalue weighted by Crippen LogP contribution is -2.14. The van der Waals surface area contributed by atoms with Crippen LogP contribution in [0, 0.1) is 21.7 Å². The van der Waals surface area contributed by atoms with Crippen molar-refractivity contribution in [3.63, 3.8) is 0 Å². The molecular weight excluding hydrogens is 302 g/mol. The molecule has 7 heteroatoms. The van der Waals surface area contributed by atoms with Crippen LogP contribution in [0.15, 0.2) is 36.4 Å². The Morgan fingerprint density at radius 1 is 1.10 bits per heavy atom. The van der Waals surface area contributed by atoms with E-state index in [-0.39, 0.29) is 12.1 Å². The van der Waals surface area contributed by atoms with Crippen molar-refractivity contribution in [3.05, 3.63) is 74.3 Å². The predicted molar refractivity (Wildman–Crippen MR) is 75.0 cm³/mol. The molecule has 0 aliphatic heterocycles. The Morgan fingerprint density at radius 3 is 2.38 bits per heavy atom. The van der Waals surface area contributed by atoms with Gasteiger partial charge in [0.05, 0.1) is 4.92 Å². The van der Waals surface area contributed by atoms with E-state index in [9.17, 15) is 18.9 Å². The fourth-order valence-electron chi connectivity index (χ4n) is 1.80. The molecule has 0 radical (unpaired) electrons. The molecule has 0 heterocycles. The Bertz CT molecular complexity index is 663. The maximum Gasteiger partial charge on any atom is 0.305 e. The normalized spacial score (nSPS) is 10.6. The number of hydrogen-bond donors (Lipinski definition) is 1. The molecule has 0 unspecified atom stereocenters. The number of nitrogens with one attached hydrogen (secondary N) is 1. The molecule has 4 nitrogen and oxygen atoms in total. The second-order valence-electron chi connectivity index (χ2n) is 4.38. The van der Waals surface area contributed by atoms with E-state index < -0.39 is 22.2 Å². The van der Waals surface area contributed by atoms with Crippen LogP contribution in [0.1, 0.15) is 11.1 Å². The van der Waals surface area contributed by atoms with E-state index >= 15 is 0 Å². The van der Waals surface area contributed by atoms with Crippen molar-refractivity contribution in [1.82, 2.24) is 5.32 Å². The Kier molecular flexibility index (Phi) is 4.82. The minimum atomic E-state index is -1.18. The fourth-order valence-corrected chi connectivity index (χ4v) is 1.93. The highest BCUT2D eigenvalue weighted by atomic mass is 35.5.